The summed E-state index contributed by atoms with van der Waals surface area (Å²) in [6.07, 6.45) is 0.834. The van der Waals surface area contributed by atoms with Crippen molar-refractivity contribution in [2.24, 2.45) is 0 Å². The molecule has 2 aromatic rings. The van der Waals surface area contributed by atoms with Gasteiger partial charge in [0.15, 0.2) is 0 Å². The molecule has 1 N–H and O–H groups in total. The van der Waals surface area contributed by atoms with Gasteiger partial charge in [-0.25, -0.2) is 8.78 Å². The number of benzene rings is 2. The maximum atomic E-state index is 13.5. The Morgan fingerprint density at radius 1 is 1.05 bits per heavy atom. The second kappa shape index (κ2) is 5.83. The van der Waals surface area contributed by atoms with Crippen LogP contribution < -0.4 is 5.32 Å². The van der Waals surface area contributed by atoms with Crippen LogP contribution in [-0.4, -0.2) is 0 Å². The highest BCUT2D eigenvalue weighted by Crippen LogP contribution is 2.24. The molecular weight excluding hydrogens is 244 g/mol. The molecule has 0 radical (unpaired) electrons. The Balaban J connectivity index is 2.18. The zero-order chi connectivity index (χ0) is 13.8. The predicted octanol–water partition coefficient (Wildman–Crippen LogP) is 4.84. The summed E-state index contributed by atoms with van der Waals surface area (Å²) in [5, 5.41) is 3.27. The first-order chi connectivity index (χ1) is 9.10. The molecule has 1 unspecified atom stereocenters. The van der Waals surface area contributed by atoms with Gasteiger partial charge < -0.3 is 5.32 Å². The summed E-state index contributed by atoms with van der Waals surface area (Å²) in [4.78, 5) is 0. The highest BCUT2D eigenvalue weighted by atomic mass is 19.1. The largest absolute Gasteiger partial charge is 0.378 e. The summed E-state index contributed by atoms with van der Waals surface area (Å²) in [5.74, 6) is -0.473. The Kier molecular flexibility index (Phi) is 4.15. The Bertz CT molecular complexity index is 549. The molecule has 100 valence electrons. The van der Waals surface area contributed by atoms with Crippen LogP contribution in [0.2, 0.25) is 0 Å². The lowest BCUT2D eigenvalue weighted by molar-refractivity contribution is 0.618. The van der Waals surface area contributed by atoms with E-state index in [0.717, 1.165) is 17.7 Å². The fourth-order valence-corrected chi connectivity index (χ4v) is 2.00. The summed E-state index contributed by atoms with van der Waals surface area (Å²) in [5.41, 5.74) is 2.35. The van der Waals surface area contributed by atoms with E-state index in [1.54, 1.807) is 25.1 Å². The number of hydrogen-bond donors (Lipinski definition) is 1. The number of aryl methyl sites for hydroxylation is 1. The van der Waals surface area contributed by atoms with Crippen LogP contribution in [0.4, 0.5) is 14.5 Å². The third-order valence-corrected chi connectivity index (χ3v) is 3.19. The van der Waals surface area contributed by atoms with E-state index in [9.17, 15) is 8.78 Å². The molecule has 0 saturated heterocycles. The van der Waals surface area contributed by atoms with Gasteiger partial charge in [0.25, 0.3) is 0 Å². The molecule has 2 aromatic carbocycles. The number of halogens is 2. The van der Waals surface area contributed by atoms with Crippen molar-refractivity contribution in [1.29, 1.82) is 0 Å². The fraction of sp³-hybridized carbons (Fsp3) is 0.250. The summed E-state index contributed by atoms with van der Waals surface area (Å²) in [6.45, 7) is 3.77. The molecule has 0 fully saturated rings. The second-order valence-corrected chi connectivity index (χ2v) is 4.62. The molecule has 19 heavy (non-hydrogen) atoms. The lowest BCUT2D eigenvalue weighted by Crippen LogP contribution is -2.10. The molecule has 1 nitrogen and oxygen atoms in total. The second-order valence-electron chi connectivity index (χ2n) is 4.62. The van der Waals surface area contributed by atoms with Gasteiger partial charge in [0.1, 0.15) is 11.6 Å². The van der Waals surface area contributed by atoms with Crippen LogP contribution in [0.15, 0.2) is 42.5 Å². The van der Waals surface area contributed by atoms with E-state index < -0.39 is 0 Å². The summed E-state index contributed by atoms with van der Waals surface area (Å²) < 4.78 is 26.4. The molecule has 0 saturated carbocycles. The maximum absolute atomic E-state index is 13.5. The minimum Gasteiger partial charge on any atom is -0.378 e. The Labute approximate surface area is 112 Å². The van der Waals surface area contributed by atoms with E-state index in [1.165, 1.54) is 18.2 Å². The zero-order valence-electron chi connectivity index (χ0n) is 11.1. The van der Waals surface area contributed by atoms with Gasteiger partial charge in [0, 0.05) is 5.69 Å². The lowest BCUT2D eigenvalue weighted by atomic mass is 10.0. The van der Waals surface area contributed by atoms with Gasteiger partial charge in [-0.3, -0.25) is 0 Å². The topological polar surface area (TPSA) is 12.0 Å². The van der Waals surface area contributed by atoms with Crippen molar-refractivity contribution in [3.63, 3.8) is 0 Å². The van der Waals surface area contributed by atoms with Crippen LogP contribution in [0.25, 0.3) is 0 Å². The number of anilines is 1. The standard InChI is InChI=1S/C16H17F2N/c1-3-16(12-5-7-13(17)8-6-12)19-14-9-4-11(2)15(18)10-14/h4-10,16,19H,3H2,1-2H3. The summed E-state index contributed by atoms with van der Waals surface area (Å²) >= 11 is 0. The van der Waals surface area contributed by atoms with E-state index in [2.05, 4.69) is 5.32 Å². The SMILES string of the molecule is CCC(Nc1ccc(C)c(F)c1)c1ccc(F)cc1. The minimum absolute atomic E-state index is 0.0442. The molecule has 2 rings (SSSR count). The molecule has 1 atom stereocenters. The molecule has 0 spiro atoms. The van der Waals surface area contributed by atoms with Gasteiger partial charge in [-0.1, -0.05) is 25.1 Å². The molecule has 0 amide bonds. The molecule has 0 aromatic heterocycles. The van der Waals surface area contributed by atoms with Crippen LogP contribution >= 0.6 is 0 Å². The Hall–Kier alpha value is -1.90. The predicted molar refractivity (Wildman–Crippen MR) is 74.2 cm³/mol. The van der Waals surface area contributed by atoms with Gasteiger partial charge >= 0.3 is 0 Å². The number of hydrogen-bond acceptors (Lipinski definition) is 1. The first kappa shape index (κ1) is 13.5. The van der Waals surface area contributed by atoms with Crippen molar-refractivity contribution in [3.05, 3.63) is 65.2 Å². The van der Waals surface area contributed by atoms with E-state index in [-0.39, 0.29) is 17.7 Å². The molecular formula is C16H17F2N. The number of rotatable bonds is 4. The summed E-state index contributed by atoms with van der Waals surface area (Å²) in [6, 6.07) is 11.5. The Morgan fingerprint density at radius 2 is 1.74 bits per heavy atom. The first-order valence-corrected chi connectivity index (χ1v) is 6.38. The first-order valence-electron chi connectivity index (χ1n) is 6.38. The third-order valence-electron chi connectivity index (χ3n) is 3.19. The van der Waals surface area contributed by atoms with Crippen LogP contribution in [0.5, 0.6) is 0 Å². The molecule has 0 aliphatic heterocycles. The van der Waals surface area contributed by atoms with Gasteiger partial charge in [-0.15, -0.1) is 0 Å². The molecule has 0 bridgehead atoms. The Morgan fingerprint density at radius 3 is 2.32 bits per heavy atom. The van der Waals surface area contributed by atoms with Crippen molar-refractivity contribution in [2.75, 3.05) is 5.32 Å². The van der Waals surface area contributed by atoms with Crippen LogP contribution in [0, 0.1) is 18.6 Å². The van der Waals surface area contributed by atoms with E-state index >= 15 is 0 Å². The van der Waals surface area contributed by atoms with Gasteiger partial charge in [-0.2, -0.15) is 0 Å². The van der Waals surface area contributed by atoms with Crippen molar-refractivity contribution in [2.45, 2.75) is 26.3 Å². The number of nitrogens with one attached hydrogen (secondary N) is 1. The van der Waals surface area contributed by atoms with E-state index in [1.807, 2.05) is 13.0 Å². The van der Waals surface area contributed by atoms with Crippen molar-refractivity contribution in [1.82, 2.24) is 0 Å². The minimum atomic E-state index is -0.250. The van der Waals surface area contributed by atoms with E-state index in [4.69, 9.17) is 0 Å². The normalized spacial score (nSPS) is 12.2. The zero-order valence-corrected chi connectivity index (χ0v) is 11.1. The molecule has 0 aliphatic carbocycles. The smallest absolute Gasteiger partial charge is 0.128 e. The van der Waals surface area contributed by atoms with Crippen molar-refractivity contribution < 1.29 is 8.78 Å². The van der Waals surface area contributed by atoms with Gasteiger partial charge in [0.2, 0.25) is 0 Å². The van der Waals surface area contributed by atoms with Gasteiger partial charge in [0.05, 0.1) is 6.04 Å². The molecule has 3 heteroatoms. The quantitative estimate of drug-likeness (QED) is 0.830. The average Bonchev–Trinajstić information content (AvgIpc) is 2.41. The lowest BCUT2D eigenvalue weighted by Gasteiger charge is -2.19. The van der Waals surface area contributed by atoms with Crippen molar-refractivity contribution in [3.8, 4) is 0 Å². The highest BCUT2D eigenvalue weighted by molar-refractivity contribution is 5.47. The third kappa shape index (κ3) is 3.31. The highest BCUT2D eigenvalue weighted by Gasteiger charge is 2.10. The van der Waals surface area contributed by atoms with Crippen LogP contribution in [0.3, 0.4) is 0 Å². The van der Waals surface area contributed by atoms with E-state index in [0.29, 0.717) is 5.56 Å². The average molecular weight is 261 g/mol. The maximum Gasteiger partial charge on any atom is 0.128 e. The summed E-state index contributed by atoms with van der Waals surface area (Å²) in [7, 11) is 0. The molecule has 0 heterocycles. The monoisotopic (exact) mass is 261 g/mol. The van der Waals surface area contributed by atoms with Gasteiger partial charge in [-0.05, 0) is 48.7 Å². The van der Waals surface area contributed by atoms with Crippen LogP contribution in [-0.2, 0) is 0 Å². The van der Waals surface area contributed by atoms with Crippen molar-refractivity contribution >= 4 is 5.69 Å². The fourth-order valence-electron chi connectivity index (χ4n) is 2.00. The molecule has 0 aliphatic rings. The van der Waals surface area contributed by atoms with Crippen LogP contribution in [0.1, 0.15) is 30.5 Å².